The SMILES string of the molecule is CCOc1ccc2nc(NC(=O)[C@@H]3CC(=O)N(c4cc(OC)ccc4OC)C3)sc2c1. The molecule has 0 saturated carbocycles. The Bertz CT molecular complexity index is 1130. The van der Waals surface area contributed by atoms with Gasteiger partial charge in [-0.25, -0.2) is 4.98 Å². The number of amides is 2. The highest BCUT2D eigenvalue weighted by Crippen LogP contribution is 2.36. The lowest BCUT2D eigenvalue weighted by atomic mass is 10.1. The number of carbonyl (C=O) groups excluding carboxylic acids is 2. The number of nitrogens with zero attached hydrogens (tertiary/aromatic N) is 2. The minimum atomic E-state index is -0.491. The van der Waals surface area contributed by atoms with Crippen molar-refractivity contribution in [3.63, 3.8) is 0 Å². The number of benzene rings is 2. The van der Waals surface area contributed by atoms with E-state index in [1.165, 1.54) is 11.3 Å². The minimum Gasteiger partial charge on any atom is -0.497 e. The first kappa shape index (κ1) is 20.9. The Morgan fingerprint density at radius 3 is 2.74 bits per heavy atom. The molecule has 1 aromatic heterocycles. The molecule has 1 atom stereocenters. The van der Waals surface area contributed by atoms with Crippen LogP contribution in [0.5, 0.6) is 17.2 Å². The van der Waals surface area contributed by atoms with Crippen molar-refractivity contribution in [1.82, 2.24) is 4.98 Å². The first-order valence-electron chi connectivity index (χ1n) is 9.89. The number of anilines is 2. The number of fused-ring (bicyclic) bond motifs is 1. The molecule has 3 aromatic rings. The van der Waals surface area contributed by atoms with Crippen molar-refractivity contribution < 1.29 is 23.8 Å². The monoisotopic (exact) mass is 441 g/mol. The summed E-state index contributed by atoms with van der Waals surface area (Å²) in [5.41, 5.74) is 1.37. The van der Waals surface area contributed by atoms with Crippen molar-refractivity contribution in [2.45, 2.75) is 13.3 Å². The van der Waals surface area contributed by atoms with Crippen LogP contribution in [0.3, 0.4) is 0 Å². The van der Waals surface area contributed by atoms with Gasteiger partial charge in [-0.3, -0.25) is 9.59 Å². The largest absolute Gasteiger partial charge is 0.497 e. The maximum absolute atomic E-state index is 12.9. The van der Waals surface area contributed by atoms with E-state index in [0.29, 0.717) is 28.9 Å². The summed E-state index contributed by atoms with van der Waals surface area (Å²) in [7, 11) is 3.10. The van der Waals surface area contributed by atoms with Crippen LogP contribution in [-0.2, 0) is 9.59 Å². The van der Waals surface area contributed by atoms with E-state index >= 15 is 0 Å². The van der Waals surface area contributed by atoms with Gasteiger partial charge < -0.3 is 24.4 Å². The Hall–Kier alpha value is -3.33. The van der Waals surface area contributed by atoms with Crippen molar-refractivity contribution in [2.75, 3.05) is 37.6 Å². The average molecular weight is 442 g/mol. The van der Waals surface area contributed by atoms with Gasteiger partial charge in [-0.1, -0.05) is 11.3 Å². The topological polar surface area (TPSA) is 90.0 Å². The number of hydrogen-bond donors (Lipinski definition) is 1. The van der Waals surface area contributed by atoms with Crippen LogP contribution in [0.1, 0.15) is 13.3 Å². The number of thiazole rings is 1. The maximum atomic E-state index is 12.9. The lowest BCUT2D eigenvalue weighted by molar-refractivity contribution is -0.122. The second-order valence-electron chi connectivity index (χ2n) is 7.01. The van der Waals surface area contributed by atoms with E-state index in [0.717, 1.165) is 16.0 Å². The van der Waals surface area contributed by atoms with Crippen molar-refractivity contribution in [1.29, 1.82) is 0 Å². The standard InChI is InChI=1S/C22H23N3O5S/c1-4-30-15-5-7-16-19(11-15)31-22(23-16)24-21(27)13-9-20(26)25(12-13)17-10-14(28-2)6-8-18(17)29-3/h5-8,10-11,13H,4,9,12H2,1-3H3,(H,23,24,27)/t13-/m1/s1. The molecule has 162 valence electrons. The number of nitrogens with one attached hydrogen (secondary N) is 1. The molecule has 1 aliphatic heterocycles. The van der Waals surface area contributed by atoms with Gasteiger partial charge >= 0.3 is 0 Å². The first-order chi connectivity index (χ1) is 15.0. The average Bonchev–Trinajstić information content (AvgIpc) is 3.35. The summed E-state index contributed by atoms with van der Waals surface area (Å²) in [6, 6.07) is 10.9. The van der Waals surface area contributed by atoms with E-state index in [1.807, 2.05) is 25.1 Å². The third kappa shape index (κ3) is 4.27. The second kappa shape index (κ2) is 8.81. The zero-order chi connectivity index (χ0) is 22.0. The third-order valence-corrected chi connectivity index (χ3v) is 6.01. The van der Waals surface area contributed by atoms with E-state index in [2.05, 4.69) is 10.3 Å². The van der Waals surface area contributed by atoms with Gasteiger partial charge in [0.25, 0.3) is 0 Å². The lowest BCUT2D eigenvalue weighted by Crippen LogP contribution is -2.28. The Morgan fingerprint density at radius 2 is 2.00 bits per heavy atom. The zero-order valence-electron chi connectivity index (χ0n) is 17.5. The van der Waals surface area contributed by atoms with Crippen molar-refractivity contribution in [3.8, 4) is 17.2 Å². The molecule has 1 N–H and O–H groups in total. The molecule has 9 heteroatoms. The van der Waals surface area contributed by atoms with Crippen LogP contribution in [0.25, 0.3) is 10.2 Å². The summed E-state index contributed by atoms with van der Waals surface area (Å²) in [5.74, 6) is 1.05. The predicted octanol–water partition coefficient (Wildman–Crippen LogP) is 3.70. The molecule has 0 unspecified atom stereocenters. The zero-order valence-corrected chi connectivity index (χ0v) is 18.3. The number of methoxy groups -OCH3 is 2. The van der Waals surface area contributed by atoms with E-state index in [-0.39, 0.29) is 24.8 Å². The highest BCUT2D eigenvalue weighted by Gasteiger charge is 2.36. The van der Waals surface area contributed by atoms with Crippen LogP contribution in [0.2, 0.25) is 0 Å². The van der Waals surface area contributed by atoms with E-state index in [1.54, 1.807) is 37.3 Å². The summed E-state index contributed by atoms with van der Waals surface area (Å²) in [4.78, 5) is 31.6. The van der Waals surface area contributed by atoms with Gasteiger partial charge in [-0.05, 0) is 37.3 Å². The normalized spacial score (nSPS) is 15.9. The van der Waals surface area contributed by atoms with Gasteiger partial charge in [-0.15, -0.1) is 0 Å². The molecule has 31 heavy (non-hydrogen) atoms. The van der Waals surface area contributed by atoms with Crippen LogP contribution in [0, 0.1) is 5.92 Å². The molecule has 0 radical (unpaired) electrons. The molecule has 2 heterocycles. The van der Waals surface area contributed by atoms with Gasteiger partial charge in [0, 0.05) is 19.0 Å². The number of ether oxygens (including phenoxy) is 3. The van der Waals surface area contributed by atoms with Gasteiger partial charge in [0.1, 0.15) is 17.2 Å². The molecule has 0 bridgehead atoms. The van der Waals surface area contributed by atoms with Crippen LogP contribution in [0.15, 0.2) is 36.4 Å². The Labute approximate surface area is 183 Å². The van der Waals surface area contributed by atoms with Crippen LogP contribution < -0.4 is 24.4 Å². The smallest absolute Gasteiger partial charge is 0.231 e. The Morgan fingerprint density at radius 1 is 1.19 bits per heavy atom. The highest BCUT2D eigenvalue weighted by molar-refractivity contribution is 7.22. The van der Waals surface area contributed by atoms with Crippen molar-refractivity contribution in [3.05, 3.63) is 36.4 Å². The molecular weight excluding hydrogens is 418 g/mol. The van der Waals surface area contributed by atoms with Gasteiger partial charge in [-0.2, -0.15) is 0 Å². The molecule has 0 aliphatic carbocycles. The molecule has 2 aromatic carbocycles. The van der Waals surface area contributed by atoms with Gasteiger partial charge in [0.2, 0.25) is 11.8 Å². The maximum Gasteiger partial charge on any atom is 0.231 e. The fraction of sp³-hybridized carbons (Fsp3) is 0.318. The number of carbonyl (C=O) groups is 2. The first-order valence-corrected chi connectivity index (χ1v) is 10.7. The minimum absolute atomic E-state index is 0.117. The van der Waals surface area contributed by atoms with Crippen LogP contribution >= 0.6 is 11.3 Å². The molecule has 1 aliphatic rings. The summed E-state index contributed by atoms with van der Waals surface area (Å²) in [5, 5.41) is 3.36. The molecular formula is C22H23N3O5S. The van der Waals surface area contributed by atoms with Crippen LogP contribution in [0.4, 0.5) is 10.8 Å². The lowest BCUT2D eigenvalue weighted by Gasteiger charge is -2.20. The predicted molar refractivity (Wildman–Crippen MR) is 119 cm³/mol. The van der Waals surface area contributed by atoms with E-state index in [4.69, 9.17) is 14.2 Å². The summed E-state index contributed by atoms with van der Waals surface area (Å²) in [6.45, 7) is 2.77. The number of rotatable bonds is 7. The van der Waals surface area contributed by atoms with Gasteiger partial charge in [0.05, 0.1) is 42.6 Å². The summed E-state index contributed by atoms with van der Waals surface area (Å²) >= 11 is 1.38. The molecule has 1 saturated heterocycles. The van der Waals surface area contributed by atoms with Gasteiger partial charge in [0.15, 0.2) is 5.13 Å². The van der Waals surface area contributed by atoms with E-state index in [9.17, 15) is 9.59 Å². The van der Waals surface area contributed by atoms with E-state index < -0.39 is 5.92 Å². The molecule has 8 nitrogen and oxygen atoms in total. The second-order valence-corrected chi connectivity index (χ2v) is 8.04. The molecule has 1 fully saturated rings. The third-order valence-electron chi connectivity index (χ3n) is 5.07. The fourth-order valence-corrected chi connectivity index (χ4v) is 4.44. The number of aromatic nitrogens is 1. The fourth-order valence-electron chi connectivity index (χ4n) is 3.55. The summed E-state index contributed by atoms with van der Waals surface area (Å²) < 4.78 is 17.1. The highest BCUT2D eigenvalue weighted by atomic mass is 32.1. The molecule has 0 spiro atoms. The Balaban J connectivity index is 1.49. The van der Waals surface area contributed by atoms with Crippen LogP contribution in [-0.4, -0.2) is 44.2 Å². The molecule has 4 rings (SSSR count). The number of hydrogen-bond acceptors (Lipinski definition) is 7. The quantitative estimate of drug-likeness (QED) is 0.601. The van der Waals surface area contributed by atoms with Crippen molar-refractivity contribution in [2.24, 2.45) is 5.92 Å². The summed E-state index contributed by atoms with van der Waals surface area (Å²) in [6.07, 6.45) is 0.117. The van der Waals surface area contributed by atoms with Crippen molar-refractivity contribution >= 4 is 44.2 Å². The molecule has 2 amide bonds. The Kier molecular flexibility index (Phi) is 5.94.